The lowest BCUT2D eigenvalue weighted by atomic mass is 10.2. The lowest BCUT2D eigenvalue weighted by Crippen LogP contribution is -1.98. The molecule has 0 aliphatic heterocycles. The third-order valence-corrected chi connectivity index (χ3v) is 7.22. The molecule has 35 heavy (non-hydrogen) atoms. The first-order valence-electron chi connectivity index (χ1n) is 12.0. The Morgan fingerprint density at radius 3 is 1.89 bits per heavy atom. The lowest BCUT2D eigenvalue weighted by Gasteiger charge is -2.12. The van der Waals surface area contributed by atoms with Crippen LogP contribution in [0.5, 0.6) is 0 Å². The second kappa shape index (κ2) is 6.87. The molecule has 0 bridgehead atoms. The average molecular weight is 448 g/mol. The van der Waals surface area contributed by atoms with Gasteiger partial charge in [-0.05, 0) is 48.5 Å². The van der Waals surface area contributed by atoms with E-state index < -0.39 is 0 Å². The van der Waals surface area contributed by atoms with Crippen LogP contribution in [0.1, 0.15) is 0 Å². The normalized spacial score (nSPS) is 12.0. The smallest absolute Gasteiger partial charge is 0.0805 e. The zero-order valence-electron chi connectivity index (χ0n) is 19.0. The molecule has 164 valence electrons. The minimum atomic E-state index is 1.16. The Balaban J connectivity index is 1.72. The first kappa shape index (κ1) is 18.6. The molecule has 0 N–H and O–H groups in total. The summed E-state index contributed by atoms with van der Waals surface area (Å²) in [4.78, 5) is 0. The van der Waals surface area contributed by atoms with Crippen molar-refractivity contribution in [3.8, 4) is 11.4 Å². The number of nitrogens with zero attached hydrogens (tertiary/aromatic N) is 3. The van der Waals surface area contributed by atoms with E-state index in [4.69, 9.17) is 0 Å². The molecule has 0 spiro atoms. The molecule has 3 heteroatoms. The fourth-order valence-electron chi connectivity index (χ4n) is 5.80. The molecule has 4 aromatic carbocycles. The number of rotatable bonds is 2. The van der Waals surface area contributed by atoms with E-state index in [1.165, 1.54) is 54.9 Å². The summed E-state index contributed by atoms with van der Waals surface area (Å²) < 4.78 is 7.22. The Hall–Kier alpha value is -4.76. The van der Waals surface area contributed by atoms with Gasteiger partial charge in [0.05, 0.1) is 33.1 Å². The van der Waals surface area contributed by atoms with E-state index in [2.05, 4.69) is 141 Å². The highest BCUT2D eigenvalue weighted by Crippen LogP contribution is 2.41. The average Bonchev–Trinajstić information content (AvgIpc) is 3.61. The molecule has 4 heterocycles. The van der Waals surface area contributed by atoms with Crippen molar-refractivity contribution in [3.05, 3.63) is 128 Å². The Morgan fingerprint density at radius 1 is 0.429 bits per heavy atom. The van der Waals surface area contributed by atoms with Crippen LogP contribution >= 0.6 is 0 Å². The van der Waals surface area contributed by atoms with Crippen LogP contribution in [0.3, 0.4) is 0 Å². The molecule has 0 aliphatic rings. The number of benzene rings is 4. The van der Waals surface area contributed by atoms with Gasteiger partial charge in [0.25, 0.3) is 0 Å². The molecular formula is C32H21N3. The quantitative estimate of drug-likeness (QED) is 0.254. The minimum Gasteiger partial charge on any atom is -0.315 e. The van der Waals surface area contributed by atoms with Gasteiger partial charge >= 0.3 is 0 Å². The summed E-state index contributed by atoms with van der Waals surface area (Å²) in [5.41, 5.74) is 9.70. The van der Waals surface area contributed by atoms with Gasteiger partial charge < -0.3 is 13.5 Å². The standard InChI is InChI=1S/C32H21N3/c1-3-12-23(13-4-1)33-20-19-26-30(33)29-21-22-11-7-9-17-27(22)35(29)31-25-16-8-10-18-28(25)34(32(26)31)24-14-5-2-6-15-24/h1-21H. The van der Waals surface area contributed by atoms with Gasteiger partial charge in [-0.25, -0.2) is 0 Å². The van der Waals surface area contributed by atoms with Crippen LogP contribution in [0.25, 0.3) is 60.6 Å². The molecule has 0 amide bonds. The number of fused-ring (bicyclic) bond motifs is 10. The van der Waals surface area contributed by atoms with Crippen LogP contribution in [0.2, 0.25) is 0 Å². The molecule has 0 radical (unpaired) electrons. The van der Waals surface area contributed by atoms with E-state index in [1.807, 2.05) is 0 Å². The van der Waals surface area contributed by atoms with E-state index >= 15 is 0 Å². The Kier molecular flexibility index (Phi) is 3.66. The second-order valence-corrected chi connectivity index (χ2v) is 9.09. The predicted octanol–water partition coefficient (Wildman–Crippen LogP) is 8.13. The van der Waals surface area contributed by atoms with E-state index in [1.54, 1.807) is 0 Å². The lowest BCUT2D eigenvalue weighted by molar-refractivity contribution is 1.13. The van der Waals surface area contributed by atoms with Crippen LogP contribution in [0.4, 0.5) is 0 Å². The van der Waals surface area contributed by atoms with Crippen molar-refractivity contribution in [2.75, 3.05) is 0 Å². The Labute approximate surface area is 201 Å². The summed E-state index contributed by atoms with van der Waals surface area (Å²) in [6.07, 6.45) is 2.21. The number of pyridine rings is 1. The molecule has 0 fully saturated rings. The zero-order valence-corrected chi connectivity index (χ0v) is 19.0. The maximum absolute atomic E-state index is 2.47. The van der Waals surface area contributed by atoms with Crippen molar-refractivity contribution in [3.63, 3.8) is 0 Å². The van der Waals surface area contributed by atoms with Gasteiger partial charge in [0, 0.05) is 33.7 Å². The first-order chi connectivity index (χ1) is 17.4. The van der Waals surface area contributed by atoms with E-state index in [0.717, 1.165) is 5.69 Å². The highest BCUT2D eigenvalue weighted by atomic mass is 15.1. The third kappa shape index (κ3) is 2.44. The highest BCUT2D eigenvalue weighted by molar-refractivity contribution is 6.22. The molecule has 8 rings (SSSR count). The van der Waals surface area contributed by atoms with E-state index in [-0.39, 0.29) is 0 Å². The van der Waals surface area contributed by atoms with Gasteiger partial charge in [-0.2, -0.15) is 0 Å². The second-order valence-electron chi connectivity index (χ2n) is 9.09. The molecule has 8 aromatic rings. The van der Waals surface area contributed by atoms with Gasteiger partial charge in [0.1, 0.15) is 0 Å². The van der Waals surface area contributed by atoms with Crippen molar-refractivity contribution < 1.29 is 0 Å². The molecular weight excluding hydrogens is 426 g/mol. The number of hydrogen-bond donors (Lipinski definition) is 0. The summed E-state index contributed by atoms with van der Waals surface area (Å²) >= 11 is 0. The largest absolute Gasteiger partial charge is 0.315 e. The van der Waals surface area contributed by atoms with Crippen molar-refractivity contribution in [2.45, 2.75) is 0 Å². The molecule has 0 aliphatic carbocycles. The predicted molar refractivity (Wildman–Crippen MR) is 146 cm³/mol. The van der Waals surface area contributed by atoms with Crippen LogP contribution in [-0.2, 0) is 0 Å². The summed E-state index contributed by atoms with van der Waals surface area (Å²) in [7, 11) is 0. The summed E-state index contributed by atoms with van der Waals surface area (Å²) in [5.74, 6) is 0. The van der Waals surface area contributed by atoms with Gasteiger partial charge in [0.2, 0.25) is 0 Å². The fourth-order valence-corrected chi connectivity index (χ4v) is 5.80. The van der Waals surface area contributed by atoms with E-state index in [0.29, 0.717) is 0 Å². The van der Waals surface area contributed by atoms with Crippen LogP contribution < -0.4 is 0 Å². The SMILES string of the molecule is c1ccc(-n2ccc3c2c2cc4ccccc4n2c2c4ccccc4n(-c4ccccc4)c32)cc1. The monoisotopic (exact) mass is 447 g/mol. The van der Waals surface area contributed by atoms with Gasteiger partial charge in [-0.1, -0.05) is 72.8 Å². The summed E-state index contributed by atoms with van der Waals surface area (Å²) in [6, 6.07) is 43.4. The summed E-state index contributed by atoms with van der Waals surface area (Å²) in [5, 5.41) is 3.75. The molecule has 0 saturated heterocycles. The molecule has 3 nitrogen and oxygen atoms in total. The minimum absolute atomic E-state index is 1.16. The number of aromatic nitrogens is 3. The number of hydrogen-bond acceptors (Lipinski definition) is 0. The molecule has 0 unspecified atom stereocenters. The fraction of sp³-hybridized carbons (Fsp3) is 0. The van der Waals surface area contributed by atoms with Gasteiger partial charge in [0.15, 0.2) is 0 Å². The third-order valence-electron chi connectivity index (χ3n) is 7.22. The zero-order chi connectivity index (χ0) is 22.9. The van der Waals surface area contributed by atoms with Crippen molar-refractivity contribution in [1.29, 1.82) is 0 Å². The number of para-hydroxylation sites is 4. The van der Waals surface area contributed by atoms with Crippen molar-refractivity contribution in [1.82, 2.24) is 13.5 Å². The maximum atomic E-state index is 2.47. The van der Waals surface area contributed by atoms with Crippen LogP contribution in [0.15, 0.2) is 128 Å². The highest BCUT2D eigenvalue weighted by Gasteiger charge is 2.22. The Morgan fingerprint density at radius 2 is 1.09 bits per heavy atom. The molecule has 0 atom stereocenters. The topological polar surface area (TPSA) is 14.3 Å². The van der Waals surface area contributed by atoms with E-state index in [9.17, 15) is 0 Å². The van der Waals surface area contributed by atoms with Gasteiger partial charge in [-0.3, -0.25) is 0 Å². The van der Waals surface area contributed by atoms with Crippen molar-refractivity contribution in [2.24, 2.45) is 0 Å². The first-order valence-corrected chi connectivity index (χ1v) is 12.0. The van der Waals surface area contributed by atoms with Crippen molar-refractivity contribution >= 4 is 49.3 Å². The Bertz CT molecular complexity index is 2040. The maximum Gasteiger partial charge on any atom is 0.0805 e. The summed E-state index contributed by atoms with van der Waals surface area (Å²) in [6.45, 7) is 0. The molecule has 0 saturated carbocycles. The van der Waals surface area contributed by atoms with Crippen LogP contribution in [0, 0.1) is 0 Å². The van der Waals surface area contributed by atoms with Crippen LogP contribution in [-0.4, -0.2) is 13.5 Å². The molecule has 4 aromatic heterocycles. The van der Waals surface area contributed by atoms with Gasteiger partial charge in [-0.15, -0.1) is 0 Å².